The van der Waals surface area contributed by atoms with Gasteiger partial charge in [-0.2, -0.15) is 0 Å². The van der Waals surface area contributed by atoms with Gasteiger partial charge in [-0.25, -0.2) is 0 Å². The lowest BCUT2D eigenvalue weighted by Gasteiger charge is -2.07. The fourth-order valence-electron chi connectivity index (χ4n) is 0.918. The Morgan fingerprint density at radius 3 is 2.45 bits per heavy atom. The third kappa shape index (κ3) is 1.69. The number of aliphatic hydroxyl groups excluding tert-OH is 1. The third-order valence-electron chi connectivity index (χ3n) is 1.52. The number of hydrogen-bond donors (Lipinski definition) is 3. The minimum absolute atomic E-state index is 0.366. The molecule has 0 unspecified atom stereocenters. The van der Waals surface area contributed by atoms with Crippen molar-refractivity contribution in [3.63, 3.8) is 0 Å². The summed E-state index contributed by atoms with van der Waals surface area (Å²) in [6, 6.07) is 5.13. The molecule has 1 aromatic carbocycles. The lowest BCUT2D eigenvalue weighted by atomic mass is 10.1. The fraction of sp³-hybridized carbons (Fsp3) is 0.250. The van der Waals surface area contributed by atoms with Crippen molar-refractivity contribution >= 4 is 5.69 Å². The zero-order valence-electron chi connectivity index (χ0n) is 6.28. The van der Waals surface area contributed by atoms with Gasteiger partial charge in [0.05, 0.1) is 0 Å². The van der Waals surface area contributed by atoms with E-state index in [9.17, 15) is 0 Å². The van der Waals surface area contributed by atoms with Crippen LogP contribution < -0.4 is 5.73 Å². The van der Waals surface area contributed by atoms with Crippen molar-refractivity contribution in [1.82, 2.24) is 0 Å². The summed E-state index contributed by atoms with van der Waals surface area (Å²) in [7, 11) is 0. The third-order valence-corrected chi connectivity index (χ3v) is 1.52. The Morgan fingerprint density at radius 1 is 1.36 bits per heavy atom. The Hall–Kier alpha value is -1.06. The van der Waals surface area contributed by atoms with Gasteiger partial charge < -0.3 is 15.9 Å². The molecular weight excluding hydrogens is 142 g/mol. The van der Waals surface area contributed by atoms with Crippen molar-refractivity contribution in [3.8, 4) is 0 Å². The molecular formula is C8H11NO2. The fourth-order valence-corrected chi connectivity index (χ4v) is 0.918. The predicted octanol–water partition coefficient (Wildman–Crippen LogP) is 0.560. The number of hydrogen-bond acceptors (Lipinski definition) is 3. The first-order chi connectivity index (χ1) is 5.11. The number of nitrogen functional groups attached to an aromatic ring is 1. The van der Waals surface area contributed by atoms with E-state index in [-0.39, 0.29) is 0 Å². The first kappa shape index (κ1) is 8.04. The summed E-state index contributed by atoms with van der Waals surface area (Å²) in [5.74, 6) is 0. The van der Waals surface area contributed by atoms with Gasteiger partial charge in [0, 0.05) is 11.3 Å². The van der Waals surface area contributed by atoms with Crippen molar-refractivity contribution < 1.29 is 10.2 Å². The summed E-state index contributed by atoms with van der Waals surface area (Å²) >= 11 is 0. The highest BCUT2D eigenvalue weighted by Crippen LogP contribution is 2.19. The molecule has 0 aliphatic rings. The van der Waals surface area contributed by atoms with Crippen LogP contribution in [0.3, 0.4) is 0 Å². The number of nitrogens with two attached hydrogens (primary N) is 1. The van der Waals surface area contributed by atoms with Crippen LogP contribution in [0.15, 0.2) is 18.2 Å². The summed E-state index contributed by atoms with van der Waals surface area (Å²) in [6.45, 7) is 1.87. The zero-order chi connectivity index (χ0) is 8.43. The molecule has 1 rings (SSSR count). The van der Waals surface area contributed by atoms with Gasteiger partial charge in [-0.3, -0.25) is 0 Å². The zero-order valence-corrected chi connectivity index (χ0v) is 6.28. The molecule has 0 atom stereocenters. The van der Waals surface area contributed by atoms with E-state index in [0.29, 0.717) is 11.3 Å². The van der Waals surface area contributed by atoms with E-state index in [1.165, 1.54) is 0 Å². The normalized spacial score (nSPS) is 10.5. The maximum absolute atomic E-state index is 8.80. The Balaban J connectivity index is 3.13. The van der Waals surface area contributed by atoms with E-state index >= 15 is 0 Å². The van der Waals surface area contributed by atoms with Gasteiger partial charge in [0.15, 0.2) is 6.29 Å². The Labute approximate surface area is 65.1 Å². The molecule has 0 spiro atoms. The van der Waals surface area contributed by atoms with Crippen LogP contribution >= 0.6 is 0 Å². The van der Waals surface area contributed by atoms with Crippen molar-refractivity contribution in [1.29, 1.82) is 0 Å². The van der Waals surface area contributed by atoms with Crippen LogP contribution in [0, 0.1) is 6.92 Å². The van der Waals surface area contributed by atoms with Gasteiger partial charge in [0.2, 0.25) is 0 Å². The Kier molecular flexibility index (Phi) is 2.12. The van der Waals surface area contributed by atoms with Crippen LogP contribution in [0.25, 0.3) is 0 Å². The molecule has 0 aromatic heterocycles. The summed E-state index contributed by atoms with van der Waals surface area (Å²) in [6.07, 6.45) is -1.48. The van der Waals surface area contributed by atoms with Crippen LogP contribution in [-0.4, -0.2) is 10.2 Å². The lowest BCUT2D eigenvalue weighted by Crippen LogP contribution is -2.00. The molecule has 3 nitrogen and oxygen atoms in total. The van der Waals surface area contributed by atoms with E-state index in [4.69, 9.17) is 15.9 Å². The van der Waals surface area contributed by atoms with Crippen LogP contribution in [0.1, 0.15) is 17.4 Å². The van der Waals surface area contributed by atoms with Gasteiger partial charge in [0.25, 0.3) is 0 Å². The molecule has 11 heavy (non-hydrogen) atoms. The van der Waals surface area contributed by atoms with E-state index in [0.717, 1.165) is 5.56 Å². The smallest absolute Gasteiger partial charge is 0.180 e. The molecule has 0 amide bonds. The molecule has 60 valence electrons. The lowest BCUT2D eigenvalue weighted by molar-refractivity contribution is -0.0419. The molecule has 0 aliphatic heterocycles. The van der Waals surface area contributed by atoms with Crippen LogP contribution in [0.4, 0.5) is 5.69 Å². The van der Waals surface area contributed by atoms with Crippen molar-refractivity contribution in [2.24, 2.45) is 0 Å². The maximum atomic E-state index is 8.80. The topological polar surface area (TPSA) is 66.5 Å². The molecule has 1 aromatic rings. The average Bonchev–Trinajstić information content (AvgIpc) is 1.94. The second kappa shape index (κ2) is 2.90. The van der Waals surface area contributed by atoms with E-state index in [2.05, 4.69) is 0 Å². The second-order valence-electron chi connectivity index (χ2n) is 2.51. The minimum atomic E-state index is -1.48. The van der Waals surface area contributed by atoms with Crippen molar-refractivity contribution in [2.75, 3.05) is 5.73 Å². The summed E-state index contributed by atoms with van der Waals surface area (Å²) in [5.41, 5.74) is 7.20. The monoisotopic (exact) mass is 153 g/mol. The number of benzene rings is 1. The van der Waals surface area contributed by atoms with Crippen molar-refractivity contribution in [2.45, 2.75) is 13.2 Å². The highest BCUT2D eigenvalue weighted by atomic mass is 16.5. The summed E-state index contributed by atoms with van der Waals surface area (Å²) in [5, 5.41) is 17.6. The van der Waals surface area contributed by atoms with Gasteiger partial charge in [0.1, 0.15) is 0 Å². The standard InChI is InChI=1S/C8H11NO2/c1-5-2-3-7(9)6(4-5)8(10)11/h2-4,8,10-11H,9H2,1H3. The number of aliphatic hydroxyl groups is 2. The SMILES string of the molecule is Cc1ccc(N)c(C(O)O)c1. The summed E-state index contributed by atoms with van der Waals surface area (Å²) < 4.78 is 0. The Morgan fingerprint density at radius 2 is 2.00 bits per heavy atom. The number of anilines is 1. The minimum Gasteiger partial charge on any atom is -0.398 e. The van der Waals surface area contributed by atoms with Crippen LogP contribution in [-0.2, 0) is 0 Å². The van der Waals surface area contributed by atoms with Gasteiger partial charge in [-0.05, 0) is 19.1 Å². The quantitative estimate of drug-likeness (QED) is 0.408. The van der Waals surface area contributed by atoms with Crippen LogP contribution in [0.5, 0.6) is 0 Å². The molecule has 0 fully saturated rings. The van der Waals surface area contributed by atoms with E-state index in [1.807, 2.05) is 13.0 Å². The van der Waals surface area contributed by atoms with Gasteiger partial charge >= 0.3 is 0 Å². The first-order valence-electron chi connectivity index (χ1n) is 3.33. The number of aryl methyl sites for hydroxylation is 1. The van der Waals surface area contributed by atoms with Crippen LogP contribution in [0.2, 0.25) is 0 Å². The molecule has 0 bridgehead atoms. The highest BCUT2D eigenvalue weighted by molar-refractivity contribution is 5.48. The van der Waals surface area contributed by atoms with Gasteiger partial charge in [-0.1, -0.05) is 11.6 Å². The highest BCUT2D eigenvalue weighted by Gasteiger charge is 2.05. The molecule has 0 saturated carbocycles. The molecule has 0 heterocycles. The maximum Gasteiger partial charge on any atom is 0.180 e. The predicted molar refractivity (Wildman–Crippen MR) is 42.8 cm³/mol. The molecule has 0 aliphatic carbocycles. The second-order valence-corrected chi connectivity index (χ2v) is 2.51. The molecule has 4 N–H and O–H groups in total. The van der Waals surface area contributed by atoms with E-state index in [1.54, 1.807) is 12.1 Å². The van der Waals surface area contributed by atoms with E-state index < -0.39 is 6.29 Å². The number of rotatable bonds is 1. The largest absolute Gasteiger partial charge is 0.398 e. The molecule has 3 heteroatoms. The van der Waals surface area contributed by atoms with Crippen molar-refractivity contribution in [3.05, 3.63) is 29.3 Å². The summed E-state index contributed by atoms with van der Waals surface area (Å²) in [4.78, 5) is 0. The Bertz CT molecular complexity index is 258. The average molecular weight is 153 g/mol. The van der Waals surface area contributed by atoms with Gasteiger partial charge in [-0.15, -0.1) is 0 Å². The molecule has 0 radical (unpaired) electrons. The molecule has 0 saturated heterocycles. The first-order valence-corrected chi connectivity index (χ1v) is 3.33.